The van der Waals surface area contributed by atoms with Crippen LogP contribution in [0.1, 0.15) is 24.2 Å². The second kappa shape index (κ2) is 7.97. The Balaban J connectivity index is 2.42. The van der Waals surface area contributed by atoms with Gasteiger partial charge in [0, 0.05) is 17.7 Å². The van der Waals surface area contributed by atoms with Gasteiger partial charge in [0.2, 0.25) is 0 Å². The van der Waals surface area contributed by atoms with Crippen molar-refractivity contribution < 1.29 is 9.59 Å². The minimum Gasteiger partial charge on any atom is -0.307 e. The van der Waals surface area contributed by atoms with E-state index in [9.17, 15) is 9.59 Å². The summed E-state index contributed by atoms with van der Waals surface area (Å²) in [5.41, 5.74) is 2.60. The summed E-state index contributed by atoms with van der Waals surface area (Å²) in [6.07, 6.45) is 0.739. The van der Waals surface area contributed by atoms with Crippen LogP contribution in [0.15, 0.2) is 70.9 Å². The van der Waals surface area contributed by atoms with E-state index in [-0.39, 0.29) is 5.91 Å². The molecule has 0 spiro atoms. The van der Waals surface area contributed by atoms with E-state index in [0.717, 1.165) is 6.29 Å². The zero-order valence-corrected chi connectivity index (χ0v) is 13.8. The highest BCUT2D eigenvalue weighted by Gasteiger charge is 2.17. The number of aldehydes is 1. The molecule has 24 heavy (non-hydrogen) atoms. The molecule has 5 nitrogen and oxygen atoms in total. The Labute approximate surface area is 141 Å². The number of azo groups is 1. The number of likely N-dealkylation sites (N-methyl/N-ethyl adjacent to an activating group) is 1. The van der Waals surface area contributed by atoms with Crippen molar-refractivity contribution in [2.24, 2.45) is 10.2 Å². The molecule has 0 fully saturated rings. The number of carbonyl (C=O) groups is 2. The van der Waals surface area contributed by atoms with E-state index < -0.39 is 0 Å². The summed E-state index contributed by atoms with van der Waals surface area (Å²) < 4.78 is 0. The molecule has 0 bridgehead atoms. The highest BCUT2D eigenvalue weighted by atomic mass is 16.2. The van der Waals surface area contributed by atoms with Crippen molar-refractivity contribution in [3.8, 4) is 0 Å². The summed E-state index contributed by atoms with van der Waals surface area (Å²) in [4.78, 5) is 25.0. The van der Waals surface area contributed by atoms with E-state index in [2.05, 4.69) is 16.8 Å². The highest BCUT2D eigenvalue weighted by molar-refractivity contribution is 6.06. The third-order valence-electron chi connectivity index (χ3n) is 3.43. The number of carbonyl (C=O) groups excluding carboxylic acids is 2. The Morgan fingerprint density at radius 2 is 1.67 bits per heavy atom. The number of hydrogen-bond donors (Lipinski definition) is 0. The Hall–Kier alpha value is -3.08. The number of benzene rings is 2. The average molecular weight is 321 g/mol. The van der Waals surface area contributed by atoms with E-state index in [0.29, 0.717) is 34.7 Å². The third kappa shape index (κ3) is 3.81. The lowest BCUT2D eigenvalue weighted by Crippen LogP contribution is -2.30. The van der Waals surface area contributed by atoms with Gasteiger partial charge in [-0.1, -0.05) is 30.8 Å². The van der Waals surface area contributed by atoms with Gasteiger partial charge >= 0.3 is 0 Å². The molecular formula is C19H19N3O2. The van der Waals surface area contributed by atoms with E-state index in [1.54, 1.807) is 42.2 Å². The monoisotopic (exact) mass is 321 g/mol. The van der Waals surface area contributed by atoms with Gasteiger partial charge in [-0.05, 0) is 38.1 Å². The summed E-state index contributed by atoms with van der Waals surface area (Å²) in [6, 6.07) is 14.2. The maximum Gasteiger partial charge on any atom is 0.253 e. The lowest BCUT2D eigenvalue weighted by molar-refractivity contribution is -0.115. The maximum atomic E-state index is 12.3. The first-order valence-corrected chi connectivity index (χ1v) is 7.60. The minimum absolute atomic E-state index is 0.159. The normalized spacial score (nSPS) is 10.6. The first-order valence-electron chi connectivity index (χ1n) is 7.60. The van der Waals surface area contributed by atoms with E-state index >= 15 is 0 Å². The molecule has 5 heteroatoms. The molecule has 0 aliphatic carbocycles. The number of hydrogen-bond acceptors (Lipinski definition) is 4. The fraction of sp³-hybridized carbons (Fsp3) is 0.158. The molecule has 2 aromatic carbocycles. The van der Waals surface area contributed by atoms with E-state index in [1.165, 1.54) is 0 Å². The highest BCUT2D eigenvalue weighted by Crippen LogP contribution is 2.31. The van der Waals surface area contributed by atoms with E-state index in [4.69, 9.17) is 0 Å². The third-order valence-corrected chi connectivity index (χ3v) is 3.43. The standard InChI is InChI=1S/C19H19N3O2/c1-4-22(19(24)14(2)3)18-12-8-7-11-17(18)21-20-16-10-6-5-9-15(16)13-23/h5-13H,2,4H2,1,3H3. The lowest BCUT2D eigenvalue weighted by atomic mass is 10.2. The molecular weight excluding hydrogens is 302 g/mol. The lowest BCUT2D eigenvalue weighted by Gasteiger charge is -2.22. The van der Waals surface area contributed by atoms with Crippen LogP contribution < -0.4 is 4.90 Å². The number of rotatable bonds is 6. The maximum absolute atomic E-state index is 12.3. The van der Waals surface area contributed by atoms with Gasteiger partial charge in [-0.2, -0.15) is 0 Å². The van der Waals surface area contributed by atoms with Gasteiger partial charge in [0.05, 0.1) is 11.4 Å². The van der Waals surface area contributed by atoms with Crippen LogP contribution in [0, 0.1) is 0 Å². The van der Waals surface area contributed by atoms with Crippen LogP contribution in [0.4, 0.5) is 17.1 Å². The molecule has 0 aliphatic rings. The van der Waals surface area contributed by atoms with E-state index in [1.807, 2.05) is 25.1 Å². The molecule has 0 saturated carbocycles. The second-order valence-electron chi connectivity index (χ2n) is 5.20. The van der Waals surface area contributed by atoms with Crippen LogP contribution in [0.5, 0.6) is 0 Å². The summed E-state index contributed by atoms with van der Waals surface area (Å²) in [5, 5.41) is 8.40. The summed E-state index contributed by atoms with van der Waals surface area (Å²) in [5.74, 6) is -0.159. The summed E-state index contributed by atoms with van der Waals surface area (Å²) in [6.45, 7) is 7.76. The van der Waals surface area contributed by atoms with Crippen LogP contribution in [0.3, 0.4) is 0 Å². The first-order chi connectivity index (χ1) is 11.6. The summed E-state index contributed by atoms with van der Waals surface area (Å²) >= 11 is 0. The second-order valence-corrected chi connectivity index (χ2v) is 5.20. The quantitative estimate of drug-likeness (QED) is 0.434. The Morgan fingerprint density at radius 1 is 1.08 bits per heavy atom. The SMILES string of the molecule is C=C(C)C(=O)N(CC)c1ccccc1N=Nc1ccccc1C=O. The molecule has 0 aromatic heterocycles. The molecule has 1 amide bonds. The molecule has 0 radical (unpaired) electrons. The molecule has 0 atom stereocenters. The van der Waals surface area contributed by atoms with Crippen molar-refractivity contribution in [1.82, 2.24) is 0 Å². The molecule has 0 heterocycles. The molecule has 2 rings (SSSR count). The number of anilines is 1. The van der Waals surface area contributed by atoms with Gasteiger partial charge in [0.15, 0.2) is 6.29 Å². The van der Waals surface area contributed by atoms with Gasteiger partial charge in [0.1, 0.15) is 5.69 Å². The molecule has 2 aromatic rings. The smallest absolute Gasteiger partial charge is 0.253 e. The number of para-hydroxylation sites is 1. The van der Waals surface area contributed by atoms with Gasteiger partial charge in [-0.3, -0.25) is 9.59 Å². The Kier molecular flexibility index (Phi) is 5.73. The van der Waals surface area contributed by atoms with Crippen LogP contribution in [0.25, 0.3) is 0 Å². The Morgan fingerprint density at radius 3 is 2.29 bits per heavy atom. The van der Waals surface area contributed by atoms with Crippen molar-refractivity contribution in [3.63, 3.8) is 0 Å². The average Bonchev–Trinajstić information content (AvgIpc) is 2.61. The van der Waals surface area contributed by atoms with Crippen molar-refractivity contribution in [1.29, 1.82) is 0 Å². The fourth-order valence-corrected chi connectivity index (χ4v) is 2.22. The van der Waals surface area contributed by atoms with Gasteiger partial charge < -0.3 is 4.90 Å². The minimum atomic E-state index is -0.159. The van der Waals surface area contributed by atoms with Crippen molar-refractivity contribution in [2.45, 2.75) is 13.8 Å². The topological polar surface area (TPSA) is 62.1 Å². The number of amides is 1. The molecule has 0 aliphatic heterocycles. The Bertz CT molecular complexity index is 797. The predicted octanol–water partition coefficient (Wildman–Crippen LogP) is 4.84. The molecule has 0 saturated heterocycles. The zero-order chi connectivity index (χ0) is 17.5. The molecule has 0 N–H and O–H groups in total. The zero-order valence-electron chi connectivity index (χ0n) is 13.8. The van der Waals surface area contributed by atoms with Crippen LogP contribution >= 0.6 is 0 Å². The van der Waals surface area contributed by atoms with Gasteiger partial charge in [-0.25, -0.2) is 0 Å². The van der Waals surface area contributed by atoms with Crippen LogP contribution in [0.2, 0.25) is 0 Å². The molecule has 0 unspecified atom stereocenters. The largest absolute Gasteiger partial charge is 0.307 e. The number of nitrogens with zero attached hydrogens (tertiary/aromatic N) is 3. The van der Waals surface area contributed by atoms with Crippen molar-refractivity contribution in [3.05, 3.63) is 66.2 Å². The van der Waals surface area contributed by atoms with Gasteiger partial charge in [0.25, 0.3) is 5.91 Å². The molecule has 122 valence electrons. The predicted molar refractivity (Wildman–Crippen MR) is 95.3 cm³/mol. The van der Waals surface area contributed by atoms with Crippen LogP contribution in [-0.2, 0) is 4.79 Å². The summed E-state index contributed by atoms with van der Waals surface area (Å²) in [7, 11) is 0. The fourth-order valence-electron chi connectivity index (χ4n) is 2.22. The first kappa shape index (κ1) is 17.3. The van der Waals surface area contributed by atoms with Crippen molar-refractivity contribution in [2.75, 3.05) is 11.4 Å². The van der Waals surface area contributed by atoms with Crippen LogP contribution in [-0.4, -0.2) is 18.7 Å². The van der Waals surface area contributed by atoms with Gasteiger partial charge in [-0.15, -0.1) is 10.2 Å². The van der Waals surface area contributed by atoms with Crippen molar-refractivity contribution >= 4 is 29.3 Å².